The van der Waals surface area contributed by atoms with Crippen LogP contribution >= 0.6 is 0 Å². The highest BCUT2D eigenvalue weighted by Gasteiger charge is 2.01. The van der Waals surface area contributed by atoms with E-state index in [4.69, 9.17) is 5.73 Å². The summed E-state index contributed by atoms with van der Waals surface area (Å²) in [5, 5.41) is 0. The summed E-state index contributed by atoms with van der Waals surface area (Å²) in [7, 11) is 1.36. The van der Waals surface area contributed by atoms with Crippen LogP contribution in [0.4, 0.5) is 4.39 Å². The van der Waals surface area contributed by atoms with Crippen molar-refractivity contribution >= 4 is 12.7 Å². The lowest BCUT2D eigenvalue weighted by molar-refractivity contribution is 0.453. The largest absolute Gasteiger partial charge is 0.309 e. The molecule has 0 aliphatic carbocycles. The van der Waals surface area contributed by atoms with Gasteiger partial charge in [0, 0.05) is 0 Å². The third-order valence-electron chi connectivity index (χ3n) is 1.15. The molecule has 0 fully saturated rings. The van der Waals surface area contributed by atoms with E-state index in [0.29, 0.717) is 0 Å². The van der Waals surface area contributed by atoms with Gasteiger partial charge in [-0.15, -0.1) is 0 Å². The van der Waals surface area contributed by atoms with Gasteiger partial charge in [-0.2, -0.15) is 0 Å². The van der Waals surface area contributed by atoms with Crippen molar-refractivity contribution in [3.8, 4) is 0 Å². The number of benzene rings is 1. The van der Waals surface area contributed by atoms with E-state index in [1.54, 1.807) is 12.1 Å². The van der Waals surface area contributed by atoms with Gasteiger partial charge in [0.05, 0.1) is 0 Å². The zero-order valence-electron chi connectivity index (χ0n) is 5.50. The van der Waals surface area contributed by atoms with Crippen molar-refractivity contribution in [2.75, 3.05) is 0 Å². The fourth-order valence-corrected chi connectivity index (χ4v) is 0.748. The van der Waals surface area contributed by atoms with Gasteiger partial charge in [-0.3, -0.25) is 0 Å². The van der Waals surface area contributed by atoms with E-state index < -0.39 is 6.19 Å². The second-order valence-corrected chi connectivity index (χ2v) is 2.02. The Hall–Kier alpha value is -0.825. The van der Waals surface area contributed by atoms with Crippen molar-refractivity contribution < 1.29 is 4.39 Å². The van der Waals surface area contributed by atoms with Gasteiger partial charge in [-0.05, 0) is 0 Å². The predicted octanol–water partition coefficient (Wildman–Crippen LogP) is 0.228. The van der Waals surface area contributed by atoms with Crippen molar-refractivity contribution in [2.24, 2.45) is 5.73 Å². The van der Waals surface area contributed by atoms with Crippen LogP contribution in [-0.2, 0) is 0 Å². The van der Waals surface area contributed by atoms with Crippen LogP contribution in [0.1, 0.15) is 0 Å². The molecule has 1 nitrogen and oxygen atoms in total. The average Bonchev–Trinajstić information content (AvgIpc) is 1.88. The molecule has 10 heavy (non-hydrogen) atoms. The number of halogens is 1. The molecule has 0 heterocycles. The Morgan fingerprint density at radius 2 is 1.90 bits per heavy atom. The summed E-state index contributed by atoms with van der Waals surface area (Å²) in [6.07, 6.45) is -1.36. The smallest absolute Gasteiger partial charge is 0.216 e. The molecule has 51 valence electrons. The Labute approximate surface area is 60.3 Å². The maximum atomic E-state index is 12.1. The lowest BCUT2D eigenvalue weighted by Gasteiger charge is -1.97. The quantitative estimate of drug-likeness (QED) is 0.457. The maximum absolute atomic E-state index is 12.1. The number of rotatable bonds is 2. The summed E-state index contributed by atoms with van der Waals surface area (Å²) in [5.74, 6) is 0. The average molecular weight is 136 g/mol. The third-order valence-corrected chi connectivity index (χ3v) is 1.15. The molecule has 1 unspecified atom stereocenters. The van der Waals surface area contributed by atoms with E-state index in [-0.39, 0.29) is 0 Å². The monoisotopic (exact) mass is 136 g/mol. The third kappa shape index (κ3) is 2.19. The zero-order chi connectivity index (χ0) is 7.40. The summed E-state index contributed by atoms with van der Waals surface area (Å²) >= 11 is 0. The summed E-state index contributed by atoms with van der Waals surface area (Å²) in [5.41, 5.74) is 5.72. The van der Waals surface area contributed by atoms with Crippen molar-refractivity contribution in [1.82, 2.24) is 0 Å². The standard InChI is InChI=1S/C7H8BFN/c9-7(10)8-6-4-2-1-3-5-6/h1-5,7H,10H2. The lowest BCUT2D eigenvalue weighted by Crippen LogP contribution is -2.31. The van der Waals surface area contributed by atoms with E-state index in [2.05, 4.69) is 0 Å². The fourth-order valence-electron chi connectivity index (χ4n) is 0.748. The molecule has 0 saturated heterocycles. The Kier molecular flexibility index (Phi) is 2.45. The predicted molar refractivity (Wildman–Crippen MR) is 40.9 cm³/mol. The molecule has 3 heteroatoms. The van der Waals surface area contributed by atoms with Crippen LogP contribution in [-0.4, -0.2) is 13.5 Å². The maximum Gasteiger partial charge on any atom is 0.216 e. The van der Waals surface area contributed by atoms with E-state index in [9.17, 15) is 4.39 Å². The second-order valence-electron chi connectivity index (χ2n) is 2.02. The van der Waals surface area contributed by atoms with Crippen LogP contribution in [0.2, 0.25) is 0 Å². The SMILES string of the molecule is NC(F)[B]c1ccccc1. The van der Waals surface area contributed by atoms with Crippen LogP contribution in [0, 0.1) is 0 Å². The number of hydrogen-bond acceptors (Lipinski definition) is 1. The van der Waals surface area contributed by atoms with Gasteiger partial charge in [0.15, 0.2) is 0 Å². The minimum Gasteiger partial charge on any atom is -0.309 e. The number of hydrogen-bond donors (Lipinski definition) is 1. The van der Waals surface area contributed by atoms with Crippen LogP contribution in [0.3, 0.4) is 0 Å². The van der Waals surface area contributed by atoms with Gasteiger partial charge >= 0.3 is 0 Å². The molecule has 1 rings (SSSR count). The molecule has 0 amide bonds. The summed E-state index contributed by atoms with van der Waals surface area (Å²) < 4.78 is 12.1. The molecule has 0 spiro atoms. The summed E-state index contributed by atoms with van der Waals surface area (Å²) in [4.78, 5) is 0. The van der Waals surface area contributed by atoms with Gasteiger partial charge in [-0.25, -0.2) is 4.39 Å². The summed E-state index contributed by atoms with van der Waals surface area (Å²) in [6, 6.07) is 9.17. The van der Waals surface area contributed by atoms with Gasteiger partial charge < -0.3 is 5.73 Å². The first kappa shape index (κ1) is 7.28. The van der Waals surface area contributed by atoms with E-state index in [0.717, 1.165) is 5.46 Å². The molecule has 2 N–H and O–H groups in total. The molecule has 1 aromatic rings. The Morgan fingerprint density at radius 3 is 2.40 bits per heavy atom. The number of nitrogens with two attached hydrogens (primary N) is 1. The first-order valence-corrected chi connectivity index (χ1v) is 3.08. The molecule has 0 aliphatic heterocycles. The van der Waals surface area contributed by atoms with Gasteiger partial charge in [-0.1, -0.05) is 35.8 Å². The molecule has 1 atom stereocenters. The zero-order valence-corrected chi connectivity index (χ0v) is 5.50. The molecular weight excluding hydrogens is 128 g/mol. The molecular formula is C7H8BFN. The van der Waals surface area contributed by atoms with Gasteiger partial charge in [0.25, 0.3) is 0 Å². The normalized spacial score (nSPS) is 12.6. The first-order chi connectivity index (χ1) is 4.79. The highest BCUT2D eigenvalue weighted by Crippen LogP contribution is 1.83. The first-order valence-electron chi connectivity index (χ1n) is 3.08. The minimum atomic E-state index is -1.36. The van der Waals surface area contributed by atoms with Crippen LogP contribution < -0.4 is 11.2 Å². The topological polar surface area (TPSA) is 26.0 Å². The van der Waals surface area contributed by atoms with Crippen LogP contribution in [0.5, 0.6) is 0 Å². The number of alkyl halides is 1. The molecule has 1 aromatic carbocycles. The van der Waals surface area contributed by atoms with Crippen LogP contribution in [0.15, 0.2) is 30.3 Å². The summed E-state index contributed by atoms with van der Waals surface area (Å²) in [6.45, 7) is 0. The Bertz CT molecular complexity index is 188. The fraction of sp³-hybridized carbons (Fsp3) is 0.143. The molecule has 0 aliphatic rings. The molecule has 1 radical (unpaired) electrons. The lowest BCUT2D eigenvalue weighted by atomic mass is 9.69. The van der Waals surface area contributed by atoms with E-state index >= 15 is 0 Å². The van der Waals surface area contributed by atoms with E-state index in [1.807, 2.05) is 18.2 Å². The molecule has 0 bridgehead atoms. The van der Waals surface area contributed by atoms with Crippen molar-refractivity contribution in [1.29, 1.82) is 0 Å². The van der Waals surface area contributed by atoms with Gasteiger partial charge in [0.1, 0.15) is 6.19 Å². The molecule has 0 aromatic heterocycles. The Morgan fingerprint density at radius 1 is 1.30 bits per heavy atom. The highest BCUT2D eigenvalue weighted by atomic mass is 19.1. The van der Waals surface area contributed by atoms with Crippen LogP contribution in [0.25, 0.3) is 0 Å². The van der Waals surface area contributed by atoms with Gasteiger partial charge in [0.2, 0.25) is 7.28 Å². The second kappa shape index (κ2) is 3.37. The van der Waals surface area contributed by atoms with Crippen molar-refractivity contribution in [3.05, 3.63) is 30.3 Å². The molecule has 0 saturated carbocycles. The van der Waals surface area contributed by atoms with Crippen molar-refractivity contribution in [3.63, 3.8) is 0 Å². The van der Waals surface area contributed by atoms with E-state index in [1.165, 1.54) is 7.28 Å². The minimum absolute atomic E-state index is 0.817. The highest BCUT2D eigenvalue weighted by molar-refractivity contribution is 6.54. The Balaban J connectivity index is 2.59. The van der Waals surface area contributed by atoms with Crippen molar-refractivity contribution in [2.45, 2.75) is 6.19 Å².